The van der Waals surface area contributed by atoms with Crippen LogP contribution in [0.3, 0.4) is 0 Å². The first-order chi connectivity index (χ1) is 10.00. The van der Waals surface area contributed by atoms with Crippen molar-refractivity contribution in [1.29, 1.82) is 0 Å². The number of piperazine rings is 1. The van der Waals surface area contributed by atoms with Gasteiger partial charge >= 0.3 is 0 Å². The number of nitrogens with one attached hydrogen (secondary N) is 1. The predicted molar refractivity (Wildman–Crippen MR) is 85.9 cm³/mol. The first-order valence-corrected chi connectivity index (χ1v) is 8.63. The molecule has 22 heavy (non-hydrogen) atoms. The minimum atomic E-state index is -3.65. The summed E-state index contributed by atoms with van der Waals surface area (Å²) in [6.07, 6.45) is 0. The number of nitrogens with zero attached hydrogens (tertiary/aromatic N) is 1. The highest BCUT2D eigenvalue weighted by atomic mass is 35.5. The highest BCUT2D eigenvalue weighted by molar-refractivity contribution is 7.89. The van der Waals surface area contributed by atoms with Crippen LogP contribution in [-0.2, 0) is 10.0 Å². The highest BCUT2D eigenvalue weighted by Gasteiger charge is 2.33. The van der Waals surface area contributed by atoms with E-state index in [0.717, 1.165) is 0 Å². The summed E-state index contributed by atoms with van der Waals surface area (Å²) >= 11 is 6.16. The lowest BCUT2D eigenvalue weighted by Crippen LogP contribution is -2.52. The van der Waals surface area contributed by atoms with Crippen LogP contribution >= 0.6 is 24.0 Å². The minimum Gasteiger partial charge on any atom is -0.486 e. The third-order valence-corrected chi connectivity index (χ3v) is 6.10. The number of sulfonamides is 1. The van der Waals surface area contributed by atoms with Gasteiger partial charge in [0.1, 0.15) is 18.1 Å². The fraction of sp³-hybridized carbons (Fsp3) is 0.538. The molecule has 0 bridgehead atoms. The predicted octanol–water partition coefficient (Wildman–Crippen LogP) is 1.52. The summed E-state index contributed by atoms with van der Waals surface area (Å²) in [5.41, 5.74) is 0. The molecule has 0 amide bonds. The van der Waals surface area contributed by atoms with Gasteiger partial charge in [0.25, 0.3) is 0 Å². The van der Waals surface area contributed by atoms with E-state index in [1.54, 1.807) is 0 Å². The first kappa shape index (κ1) is 17.6. The minimum absolute atomic E-state index is 0. The molecule has 1 N–H and O–H groups in total. The van der Waals surface area contributed by atoms with Gasteiger partial charge in [-0.1, -0.05) is 11.6 Å². The molecule has 2 aliphatic heterocycles. The van der Waals surface area contributed by atoms with Crippen LogP contribution in [0.25, 0.3) is 0 Å². The number of halogens is 2. The van der Waals surface area contributed by atoms with Crippen molar-refractivity contribution in [1.82, 2.24) is 9.62 Å². The zero-order valence-electron chi connectivity index (χ0n) is 12.0. The molecule has 9 heteroatoms. The van der Waals surface area contributed by atoms with Crippen LogP contribution in [0.15, 0.2) is 17.0 Å². The van der Waals surface area contributed by atoms with E-state index in [-0.39, 0.29) is 28.4 Å². The molecule has 1 aromatic carbocycles. The van der Waals surface area contributed by atoms with Gasteiger partial charge in [0.15, 0.2) is 11.5 Å². The maximum atomic E-state index is 12.8. The molecule has 0 aromatic heterocycles. The molecular weight excluding hydrogens is 351 g/mol. The molecule has 1 fully saturated rings. The third kappa shape index (κ3) is 3.14. The SMILES string of the molecule is CC1CNCCN1S(=O)(=O)c1cc2c(cc1Cl)OCCO2.Cl. The number of rotatable bonds is 2. The van der Waals surface area contributed by atoms with E-state index < -0.39 is 10.0 Å². The zero-order chi connectivity index (χ0) is 15.0. The molecule has 0 saturated carbocycles. The normalized spacial score (nSPS) is 22.0. The van der Waals surface area contributed by atoms with Crippen LogP contribution in [0, 0.1) is 0 Å². The van der Waals surface area contributed by atoms with Gasteiger partial charge < -0.3 is 14.8 Å². The monoisotopic (exact) mass is 368 g/mol. The summed E-state index contributed by atoms with van der Waals surface area (Å²) in [4.78, 5) is 0.0715. The Balaban J connectivity index is 0.00000176. The number of ether oxygens (including phenoxy) is 2. The van der Waals surface area contributed by atoms with Crippen LogP contribution in [0.5, 0.6) is 11.5 Å². The second-order valence-corrected chi connectivity index (χ2v) is 7.36. The van der Waals surface area contributed by atoms with E-state index in [9.17, 15) is 8.42 Å². The molecule has 0 spiro atoms. The van der Waals surface area contributed by atoms with Gasteiger partial charge in [-0.05, 0) is 6.92 Å². The van der Waals surface area contributed by atoms with E-state index >= 15 is 0 Å². The maximum Gasteiger partial charge on any atom is 0.245 e. The van der Waals surface area contributed by atoms with Crippen LogP contribution in [0.1, 0.15) is 6.92 Å². The van der Waals surface area contributed by atoms with E-state index in [0.29, 0.717) is 44.3 Å². The van der Waals surface area contributed by atoms with Crippen molar-refractivity contribution >= 4 is 34.0 Å². The average molecular weight is 369 g/mol. The van der Waals surface area contributed by atoms with Crippen molar-refractivity contribution < 1.29 is 17.9 Å². The third-order valence-electron chi connectivity index (χ3n) is 3.62. The lowest BCUT2D eigenvalue weighted by atomic mass is 10.3. The van der Waals surface area contributed by atoms with Crippen LogP contribution in [0.4, 0.5) is 0 Å². The number of benzene rings is 1. The Hall–Kier alpha value is -0.730. The van der Waals surface area contributed by atoms with Crippen molar-refractivity contribution in [2.24, 2.45) is 0 Å². The molecule has 0 radical (unpaired) electrons. The van der Waals surface area contributed by atoms with Gasteiger partial charge in [0.2, 0.25) is 10.0 Å². The second kappa shape index (κ2) is 6.80. The summed E-state index contributed by atoms with van der Waals surface area (Å²) in [7, 11) is -3.65. The van der Waals surface area contributed by atoms with Crippen LogP contribution in [-0.4, -0.2) is 51.6 Å². The number of hydrogen-bond donors (Lipinski definition) is 1. The number of hydrogen-bond acceptors (Lipinski definition) is 5. The van der Waals surface area contributed by atoms with Gasteiger partial charge in [-0.15, -0.1) is 12.4 Å². The molecule has 3 rings (SSSR count). The molecular formula is C13H18Cl2N2O4S. The van der Waals surface area contributed by atoms with Crippen LogP contribution < -0.4 is 14.8 Å². The fourth-order valence-electron chi connectivity index (χ4n) is 2.55. The topological polar surface area (TPSA) is 67.9 Å². The van der Waals surface area contributed by atoms with Gasteiger partial charge in [-0.3, -0.25) is 0 Å². The summed E-state index contributed by atoms with van der Waals surface area (Å²) in [6, 6.07) is 2.85. The average Bonchev–Trinajstić information content (AvgIpc) is 2.46. The molecule has 0 aliphatic carbocycles. The molecule has 1 atom stereocenters. The van der Waals surface area contributed by atoms with E-state index in [1.165, 1.54) is 16.4 Å². The van der Waals surface area contributed by atoms with Crippen molar-refractivity contribution in [3.63, 3.8) is 0 Å². The summed E-state index contributed by atoms with van der Waals surface area (Å²) in [6.45, 7) is 4.39. The summed E-state index contributed by atoms with van der Waals surface area (Å²) in [5.74, 6) is 0.908. The summed E-state index contributed by atoms with van der Waals surface area (Å²) < 4.78 is 38.0. The van der Waals surface area contributed by atoms with Gasteiger partial charge in [0.05, 0.1) is 5.02 Å². The molecule has 124 valence electrons. The summed E-state index contributed by atoms with van der Waals surface area (Å²) in [5, 5.41) is 3.33. The number of fused-ring (bicyclic) bond motifs is 1. The Bertz CT molecular complexity index is 654. The molecule has 1 aromatic rings. The maximum absolute atomic E-state index is 12.8. The smallest absolute Gasteiger partial charge is 0.245 e. The Labute approximate surface area is 141 Å². The molecule has 6 nitrogen and oxygen atoms in total. The largest absolute Gasteiger partial charge is 0.486 e. The van der Waals surface area contributed by atoms with Gasteiger partial charge in [-0.2, -0.15) is 4.31 Å². The Morgan fingerprint density at radius 1 is 1.27 bits per heavy atom. The van der Waals surface area contributed by atoms with Crippen molar-refractivity contribution in [3.05, 3.63) is 17.2 Å². The van der Waals surface area contributed by atoms with Crippen molar-refractivity contribution in [2.45, 2.75) is 17.9 Å². The Kier molecular flexibility index (Phi) is 5.45. The highest BCUT2D eigenvalue weighted by Crippen LogP contribution is 2.38. The fourth-order valence-corrected chi connectivity index (χ4v) is 4.69. The van der Waals surface area contributed by atoms with Crippen molar-refractivity contribution in [2.75, 3.05) is 32.8 Å². The van der Waals surface area contributed by atoms with E-state index in [2.05, 4.69) is 5.32 Å². The molecule has 1 saturated heterocycles. The van der Waals surface area contributed by atoms with E-state index in [4.69, 9.17) is 21.1 Å². The van der Waals surface area contributed by atoms with Gasteiger partial charge in [0, 0.05) is 37.8 Å². The zero-order valence-corrected chi connectivity index (χ0v) is 14.4. The lowest BCUT2D eigenvalue weighted by Gasteiger charge is -2.33. The lowest BCUT2D eigenvalue weighted by molar-refractivity contribution is 0.171. The molecule has 1 unspecified atom stereocenters. The standard InChI is InChI=1S/C13H17ClN2O4S.ClH/c1-9-8-15-2-3-16(9)21(17,18)13-7-12-11(6-10(13)14)19-4-5-20-12;/h6-7,9,15H,2-5,8H2,1H3;1H. The molecule has 2 heterocycles. The molecule has 2 aliphatic rings. The Morgan fingerprint density at radius 2 is 1.91 bits per heavy atom. The van der Waals surface area contributed by atoms with Crippen molar-refractivity contribution in [3.8, 4) is 11.5 Å². The second-order valence-electron chi connectivity index (χ2n) is 5.10. The first-order valence-electron chi connectivity index (χ1n) is 6.82. The van der Waals surface area contributed by atoms with E-state index in [1.807, 2.05) is 6.92 Å². The van der Waals surface area contributed by atoms with Gasteiger partial charge in [-0.25, -0.2) is 8.42 Å². The van der Waals surface area contributed by atoms with Crippen LogP contribution in [0.2, 0.25) is 5.02 Å². The Morgan fingerprint density at radius 3 is 2.55 bits per heavy atom. The quantitative estimate of drug-likeness (QED) is 0.856.